The molecule has 6 heteroatoms. The molecular formula is C17H17BrF3NO. The summed E-state index contributed by atoms with van der Waals surface area (Å²) in [6, 6.07) is 10.0. The van der Waals surface area contributed by atoms with Crippen LogP contribution in [0.4, 0.5) is 13.2 Å². The molecule has 0 atom stereocenters. The van der Waals surface area contributed by atoms with E-state index in [0.717, 1.165) is 22.9 Å². The Bertz CT molecular complexity index is 686. The van der Waals surface area contributed by atoms with Gasteiger partial charge in [-0.05, 0) is 47.9 Å². The van der Waals surface area contributed by atoms with Crippen molar-refractivity contribution in [1.82, 2.24) is 5.32 Å². The smallest absolute Gasteiger partial charge is 0.417 e. The Morgan fingerprint density at radius 2 is 1.83 bits per heavy atom. The second-order valence-corrected chi connectivity index (χ2v) is 6.06. The third-order valence-electron chi connectivity index (χ3n) is 3.53. The van der Waals surface area contributed by atoms with Gasteiger partial charge in [0.1, 0.15) is 5.75 Å². The number of hydrogen-bond acceptors (Lipinski definition) is 2. The molecule has 0 saturated carbocycles. The van der Waals surface area contributed by atoms with E-state index in [1.807, 2.05) is 25.1 Å². The Morgan fingerprint density at radius 1 is 1.09 bits per heavy atom. The third-order valence-corrected chi connectivity index (χ3v) is 4.22. The van der Waals surface area contributed by atoms with Crippen LogP contribution in [0.15, 0.2) is 40.9 Å². The maximum Gasteiger partial charge on any atom is 0.417 e. The minimum absolute atomic E-state index is 0.0553. The molecule has 2 nitrogen and oxygen atoms in total. The summed E-state index contributed by atoms with van der Waals surface area (Å²) in [6.45, 7) is 2.91. The fourth-order valence-corrected chi connectivity index (χ4v) is 2.71. The van der Waals surface area contributed by atoms with Crippen LogP contribution in [-0.4, -0.2) is 7.11 Å². The zero-order chi connectivity index (χ0) is 17.0. The maximum atomic E-state index is 12.9. The van der Waals surface area contributed by atoms with Gasteiger partial charge in [-0.25, -0.2) is 0 Å². The molecule has 2 rings (SSSR count). The third kappa shape index (κ3) is 4.72. The first-order valence-electron chi connectivity index (χ1n) is 7.01. The second kappa shape index (κ2) is 7.36. The lowest BCUT2D eigenvalue weighted by atomic mass is 10.1. The number of methoxy groups -OCH3 is 1. The molecule has 1 N–H and O–H groups in total. The van der Waals surface area contributed by atoms with Gasteiger partial charge in [0.25, 0.3) is 0 Å². The van der Waals surface area contributed by atoms with Crippen molar-refractivity contribution in [3.8, 4) is 5.75 Å². The van der Waals surface area contributed by atoms with Gasteiger partial charge >= 0.3 is 6.18 Å². The van der Waals surface area contributed by atoms with Gasteiger partial charge in [0, 0.05) is 17.6 Å². The number of rotatable bonds is 5. The number of aryl methyl sites for hydroxylation is 1. The van der Waals surface area contributed by atoms with Gasteiger partial charge < -0.3 is 10.1 Å². The zero-order valence-corrected chi connectivity index (χ0v) is 14.4. The van der Waals surface area contributed by atoms with E-state index in [4.69, 9.17) is 4.74 Å². The molecule has 0 unspecified atom stereocenters. The van der Waals surface area contributed by atoms with E-state index in [-0.39, 0.29) is 4.47 Å². The summed E-state index contributed by atoms with van der Waals surface area (Å²) in [7, 11) is 1.61. The monoisotopic (exact) mass is 387 g/mol. The van der Waals surface area contributed by atoms with Crippen LogP contribution in [0.25, 0.3) is 0 Å². The lowest BCUT2D eigenvalue weighted by molar-refractivity contribution is -0.138. The van der Waals surface area contributed by atoms with Crippen molar-refractivity contribution in [1.29, 1.82) is 0 Å². The summed E-state index contributed by atoms with van der Waals surface area (Å²) in [6.07, 6.45) is -4.36. The van der Waals surface area contributed by atoms with E-state index in [2.05, 4.69) is 21.2 Å². The van der Waals surface area contributed by atoms with Gasteiger partial charge in [0.05, 0.1) is 12.7 Å². The summed E-state index contributed by atoms with van der Waals surface area (Å²) in [5, 5.41) is 3.17. The van der Waals surface area contributed by atoms with Crippen molar-refractivity contribution >= 4 is 15.9 Å². The normalized spacial score (nSPS) is 11.6. The zero-order valence-electron chi connectivity index (χ0n) is 12.8. The van der Waals surface area contributed by atoms with Crippen molar-refractivity contribution in [2.75, 3.05) is 7.11 Å². The highest BCUT2D eigenvalue weighted by molar-refractivity contribution is 9.10. The molecule has 0 aliphatic carbocycles. The largest absolute Gasteiger partial charge is 0.497 e. The fourth-order valence-electron chi connectivity index (χ4n) is 2.23. The fraction of sp³-hybridized carbons (Fsp3) is 0.294. The minimum Gasteiger partial charge on any atom is -0.497 e. The van der Waals surface area contributed by atoms with Crippen molar-refractivity contribution in [3.63, 3.8) is 0 Å². The van der Waals surface area contributed by atoms with Gasteiger partial charge in [-0.1, -0.05) is 28.1 Å². The Balaban J connectivity index is 2.02. The molecule has 0 saturated heterocycles. The van der Waals surface area contributed by atoms with Gasteiger partial charge in [0.2, 0.25) is 0 Å². The lowest BCUT2D eigenvalue weighted by Gasteiger charge is -2.12. The highest BCUT2D eigenvalue weighted by atomic mass is 79.9. The summed E-state index contributed by atoms with van der Waals surface area (Å²) in [4.78, 5) is 0. The van der Waals surface area contributed by atoms with Crippen LogP contribution in [-0.2, 0) is 19.3 Å². The van der Waals surface area contributed by atoms with Gasteiger partial charge in [0.15, 0.2) is 0 Å². The molecule has 0 amide bonds. The van der Waals surface area contributed by atoms with Crippen LogP contribution in [0.1, 0.15) is 22.3 Å². The first-order valence-corrected chi connectivity index (χ1v) is 7.80. The molecule has 0 aliphatic rings. The van der Waals surface area contributed by atoms with Gasteiger partial charge in [-0.15, -0.1) is 0 Å². The number of nitrogens with one attached hydrogen (secondary N) is 1. The Hall–Kier alpha value is -1.53. The molecule has 23 heavy (non-hydrogen) atoms. The van der Waals surface area contributed by atoms with Gasteiger partial charge in [-0.3, -0.25) is 0 Å². The van der Waals surface area contributed by atoms with Crippen LogP contribution in [0.3, 0.4) is 0 Å². The molecule has 0 aromatic heterocycles. The number of ether oxygens (including phenoxy) is 1. The molecule has 0 radical (unpaired) electrons. The summed E-state index contributed by atoms with van der Waals surface area (Å²) < 4.78 is 43.8. The number of halogens is 4. The topological polar surface area (TPSA) is 21.3 Å². The molecule has 0 bridgehead atoms. The Morgan fingerprint density at radius 3 is 2.43 bits per heavy atom. The summed E-state index contributed by atoms with van der Waals surface area (Å²) in [5.41, 5.74) is 2.09. The Labute approximate surface area is 141 Å². The van der Waals surface area contributed by atoms with Crippen LogP contribution in [0, 0.1) is 6.92 Å². The van der Waals surface area contributed by atoms with Gasteiger partial charge in [-0.2, -0.15) is 13.2 Å². The minimum atomic E-state index is -4.36. The molecule has 0 fully saturated rings. The average Bonchev–Trinajstić information content (AvgIpc) is 2.49. The number of hydrogen-bond donors (Lipinski definition) is 1. The van der Waals surface area contributed by atoms with Crippen molar-refractivity contribution in [2.24, 2.45) is 0 Å². The first kappa shape index (κ1) is 17.8. The predicted molar refractivity (Wildman–Crippen MR) is 87.4 cm³/mol. The molecule has 124 valence electrons. The van der Waals surface area contributed by atoms with E-state index in [0.29, 0.717) is 18.7 Å². The molecular weight excluding hydrogens is 371 g/mol. The highest BCUT2D eigenvalue weighted by Gasteiger charge is 2.32. The molecule has 0 aliphatic heterocycles. The van der Waals surface area contributed by atoms with E-state index in [1.54, 1.807) is 13.2 Å². The average molecular weight is 388 g/mol. The molecule has 0 heterocycles. The van der Waals surface area contributed by atoms with Crippen molar-refractivity contribution < 1.29 is 17.9 Å². The standard InChI is InChI=1S/C17H17BrF3NO/c1-11-7-14(23-2)5-4-13(11)10-22-9-12-3-6-16(18)15(8-12)17(19,20)21/h3-8,22H,9-10H2,1-2H3. The predicted octanol–water partition coefficient (Wildman–Crippen LogP) is 5.07. The SMILES string of the molecule is COc1ccc(CNCc2ccc(Br)c(C(F)(F)F)c2)c(C)c1. The number of benzene rings is 2. The maximum absolute atomic E-state index is 12.9. The van der Waals surface area contributed by atoms with E-state index in [1.165, 1.54) is 6.07 Å². The molecule has 2 aromatic rings. The quantitative estimate of drug-likeness (QED) is 0.772. The highest BCUT2D eigenvalue weighted by Crippen LogP contribution is 2.35. The van der Waals surface area contributed by atoms with E-state index in [9.17, 15) is 13.2 Å². The summed E-state index contributed by atoms with van der Waals surface area (Å²) in [5.74, 6) is 0.786. The van der Waals surface area contributed by atoms with Crippen LogP contribution in [0.2, 0.25) is 0 Å². The van der Waals surface area contributed by atoms with Crippen molar-refractivity contribution in [3.05, 3.63) is 63.1 Å². The van der Waals surface area contributed by atoms with Crippen LogP contribution in [0.5, 0.6) is 5.75 Å². The molecule has 2 aromatic carbocycles. The Kier molecular flexibility index (Phi) is 5.70. The second-order valence-electron chi connectivity index (χ2n) is 5.21. The first-order chi connectivity index (χ1) is 10.8. The van der Waals surface area contributed by atoms with Crippen LogP contribution < -0.4 is 10.1 Å². The summed E-state index contributed by atoms with van der Waals surface area (Å²) >= 11 is 2.94. The molecule has 0 spiro atoms. The van der Waals surface area contributed by atoms with E-state index >= 15 is 0 Å². The van der Waals surface area contributed by atoms with Crippen molar-refractivity contribution in [2.45, 2.75) is 26.2 Å². The lowest BCUT2D eigenvalue weighted by Crippen LogP contribution is -2.14. The number of alkyl halides is 3. The van der Waals surface area contributed by atoms with E-state index < -0.39 is 11.7 Å². The van der Waals surface area contributed by atoms with Crippen LogP contribution >= 0.6 is 15.9 Å².